The summed E-state index contributed by atoms with van der Waals surface area (Å²) in [5.74, 6) is 0.760. The lowest BCUT2D eigenvalue weighted by Crippen LogP contribution is -2.47. The number of carbonyl (C=O) groups excluding carboxylic acids is 1. The number of carbonyl (C=O) groups is 1. The summed E-state index contributed by atoms with van der Waals surface area (Å²) in [5.41, 5.74) is 2.08. The summed E-state index contributed by atoms with van der Waals surface area (Å²) < 4.78 is 7.61. The molecule has 0 unspecified atom stereocenters. The smallest absolute Gasteiger partial charge is 0.260 e. The number of hydrogen-bond donors (Lipinski definition) is 0. The molecule has 7 heteroatoms. The Kier molecular flexibility index (Phi) is 4.30. The minimum Gasteiger partial charge on any atom is -0.491 e. The molecule has 134 valence electrons. The van der Waals surface area contributed by atoms with Crippen molar-refractivity contribution in [1.82, 2.24) is 24.4 Å². The van der Waals surface area contributed by atoms with Gasteiger partial charge in [-0.15, -0.1) is 0 Å². The molecule has 0 spiro atoms. The van der Waals surface area contributed by atoms with Crippen molar-refractivity contribution in [2.75, 3.05) is 27.2 Å². The van der Waals surface area contributed by atoms with Gasteiger partial charge in [-0.2, -0.15) is 5.10 Å². The maximum Gasteiger partial charge on any atom is 0.260 e. The third-order valence-electron chi connectivity index (χ3n) is 4.53. The SMILES string of the molecule is CN(C)C[C@@H]1COc2ccccc2CN1C(=O)c1cnn2cccnc12. The second kappa shape index (κ2) is 6.76. The number of fused-ring (bicyclic) bond motifs is 2. The van der Waals surface area contributed by atoms with Gasteiger partial charge in [0.1, 0.15) is 17.9 Å². The number of hydrogen-bond acceptors (Lipinski definition) is 5. The zero-order valence-corrected chi connectivity index (χ0v) is 14.9. The van der Waals surface area contributed by atoms with Gasteiger partial charge >= 0.3 is 0 Å². The predicted octanol–water partition coefficient (Wildman–Crippen LogP) is 1.69. The number of nitrogens with zero attached hydrogens (tertiary/aromatic N) is 5. The zero-order chi connectivity index (χ0) is 18.1. The molecular weight excluding hydrogens is 330 g/mol. The first kappa shape index (κ1) is 16.5. The topological polar surface area (TPSA) is 63.0 Å². The molecule has 26 heavy (non-hydrogen) atoms. The van der Waals surface area contributed by atoms with E-state index in [1.807, 2.05) is 43.3 Å². The summed E-state index contributed by atoms with van der Waals surface area (Å²) in [5, 5.41) is 4.25. The van der Waals surface area contributed by atoms with Gasteiger partial charge < -0.3 is 14.5 Å². The van der Waals surface area contributed by atoms with Crippen molar-refractivity contribution in [3.8, 4) is 5.75 Å². The number of rotatable bonds is 3. The van der Waals surface area contributed by atoms with E-state index >= 15 is 0 Å². The minimum atomic E-state index is -0.0779. The highest BCUT2D eigenvalue weighted by atomic mass is 16.5. The lowest BCUT2D eigenvalue weighted by molar-refractivity contribution is 0.0585. The van der Waals surface area contributed by atoms with Crippen molar-refractivity contribution in [1.29, 1.82) is 0 Å². The molecule has 1 atom stereocenters. The molecule has 3 aromatic rings. The summed E-state index contributed by atoms with van der Waals surface area (Å²) in [4.78, 5) is 21.7. The summed E-state index contributed by atoms with van der Waals surface area (Å²) in [6.07, 6.45) is 5.05. The largest absolute Gasteiger partial charge is 0.491 e. The fraction of sp³-hybridized carbons (Fsp3) is 0.316. The van der Waals surface area contributed by atoms with Crippen LogP contribution in [0.15, 0.2) is 48.9 Å². The van der Waals surface area contributed by atoms with Gasteiger partial charge in [0.05, 0.1) is 18.8 Å². The number of benzene rings is 1. The highest BCUT2D eigenvalue weighted by Crippen LogP contribution is 2.26. The molecule has 0 aliphatic carbocycles. The van der Waals surface area contributed by atoms with E-state index in [2.05, 4.69) is 15.0 Å². The van der Waals surface area contributed by atoms with Crippen LogP contribution in [0.4, 0.5) is 0 Å². The summed E-state index contributed by atoms with van der Waals surface area (Å²) in [6.45, 7) is 1.66. The Morgan fingerprint density at radius 1 is 1.31 bits per heavy atom. The highest BCUT2D eigenvalue weighted by Gasteiger charge is 2.31. The van der Waals surface area contributed by atoms with Crippen LogP contribution in [-0.2, 0) is 6.54 Å². The zero-order valence-electron chi connectivity index (χ0n) is 14.9. The van der Waals surface area contributed by atoms with E-state index in [1.54, 1.807) is 29.2 Å². The van der Waals surface area contributed by atoms with Gasteiger partial charge in [-0.3, -0.25) is 4.79 Å². The quantitative estimate of drug-likeness (QED) is 0.719. The first-order chi connectivity index (χ1) is 12.6. The third kappa shape index (κ3) is 3.01. The van der Waals surface area contributed by atoms with Crippen molar-refractivity contribution < 1.29 is 9.53 Å². The fourth-order valence-corrected chi connectivity index (χ4v) is 3.31. The van der Waals surface area contributed by atoms with E-state index in [-0.39, 0.29) is 11.9 Å². The molecule has 0 fully saturated rings. The minimum absolute atomic E-state index is 0.0661. The summed E-state index contributed by atoms with van der Waals surface area (Å²) in [7, 11) is 4.00. The van der Waals surface area contributed by atoms with E-state index in [1.165, 1.54) is 0 Å². The van der Waals surface area contributed by atoms with Gasteiger partial charge in [0, 0.05) is 24.5 Å². The van der Waals surface area contributed by atoms with Crippen LogP contribution in [0.3, 0.4) is 0 Å². The molecule has 0 radical (unpaired) electrons. The van der Waals surface area contributed by atoms with Crippen LogP contribution in [0.5, 0.6) is 5.75 Å². The van der Waals surface area contributed by atoms with Crippen LogP contribution in [0.25, 0.3) is 5.65 Å². The molecule has 0 bridgehead atoms. The lowest BCUT2D eigenvalue weighted by atomic mass is 10.1. The molecular formula is C19H21N5O2. The number of ether oxygens (including phenoxy) is 1. The van der Waals surface area contributed by atoms with E-state index in [4.69, 9.17) is 4.74 Å². The lowest BCUT2D eigenvalue weighted by Gasteiger charge is -2.31. The van der Waals surface area contributed by atoms with Crippen LogP contribution in [0.2, 0.25) is 0 Å². The van der Waals surface area contributed by atoms with Crippen LogP contribution < -0.4 is 4.74 Å². The molecule has 4 rings (SSSR count). The predicted molar refractivity (Wildman–Crippen MR) is 97.1 cm³/mol. The third-order valence-corrected chi connectivity index (χ3v) is 4.53. The van der Waals surface area contributed by atoms with E-state index in [9.17, 15) is 4.79 Å². The maximum absolute atomic E-state index is 13.4. The molecule has 1 aromatic carbocycles. The van der Waals surface area contributed by atoms with Crippen LogP contribution in [0, 0.1) is 0 Å². The Labute approximate surface area is 151 Å². The Hall–Kier alpha value is -2.93. The van der Waals surface area contributed by atoms with Gasteiger partial charge in [-0.05, 0) is 26.2 Å². The summed E-state index contributed by atoms with van der Waals surface area (Å²) >= 11 is 0. The van der Waals surface area contributed by atoms with Gasteiger partial charge in [0.2, 0.25) is 0 Å². The van der Waals surface area contributed by atoms with Crippen molar-refractivity contribution in [3.63, 3.8) is 0 Å². The molecule has 3 heterocycles. The number of para-hydroxylation sites is 1. The molecule has 1 aliphatic heterocycles. The molecule has 0 saturated heterocycles. The second-order valence-electron chi connectivity index (χ2n) is 6.71. The molecule has 0 N–H and O–H groups in total. The average molecular weight is 351 g/mol. The van der Waals surface area contributed by atoms with Gasteiger partial charge in [0.25, 0.3) is 5.91 Å². The normalized spacial score (nSPS) is 17.0. The molecule has 0 saturated carbocycles. The fourth-order valence-electron chi connectivity index (χ4n) is 3.31. The van der Waals surface area contributed by atoms with Crippen molar-refractivity contribution >= 4 is 11.6 Å². The Balaban J connectivity index is 1.73. The van der Waals surface area contributed by atoms with E-state index in [0.717, 1.165) is 11.3 Å². The Bertz CT molecular complexity index is 936. The second-order valence-corrected chi connectivity index (χ2v) is 6.71. The monoisotopic (exact) mass is 351 g/mol. The van der Waals surface area contributed by atoms with Crippen molar-refractivity contribution in [3.05, 3.63) is 60.0 Å². The molecule has 7 nitrogen and oxygen atoms in total. The molecule has 1 amide bonds. The van der Waals surface area contributed by atoms with Crippen molar-refractivity contribution in [2.45, 2.75) is 12.6 Å². The number of aromatic nitrogens is 3. The van der Waals surface area contributed by atoms with Crippen molar-refractivity contribution in [2.24, 2.45) is 0 Å². The van der Waals surface area contributed by atoms with Crippen LogP contribution >= 0.6 is 0 Å². The molecule has 2 aromatic heterocycles. The highest BCUT2D eigenvalue weighted by molar-refractivity contribution is 5.99. The summed E-state index contributed by atoms with van der Waals surface area (Å²) in [6, 6.07) is 9.60. The first-order valence-corrected chi connectivity index (χ1v) is 8.58. The Morgan fingerprint density at radius 3 is 3.00 bits per heavy atom. The maximum atomic E-state index is 13.4. The number of likely N-dealkylation sites (N-methyl/N-ethyl adjacent to an activating group) is 1. The number of amides is 1. The van der Waals surface area contributed by atoms with Crippen LogP contribution in [-0.4, -0.2) is 63.6 Å². The average Bonchev–Trinajstić information content (AvgIpc) is 2.99. The van der Waals surface area contributed by atoms with Gasteiger partial charge in [0.15, 0.2) is 5.65 Å². The first-order valence-electron chi connectivity index (χ1n) is 8.58. The van der Waals surface area contributed by atoms with Gasteiger partial charge in [-0.25, -0.2) is 9.50 Å². The van der Waals surface area contributed by atoms with Gasteiger partial charge in [-0.1, -0.05) is 18.2 Å². The standard InChI is InChI=1S/C19H21N5O2/c1-22(2)12-15-13-26-17-7-4-3-6-14(17)11-23(15)19(25)16-10-21-24-9-5-8-20-18(16)24/h3-10,15H,11-13H2,1-2H3/t15-/m1/s1. The Morgan fingerprint density at radius 2 is 2.15 bits per heavy atom. The molecule has 1 aliphatic rings. The van der Waals surface area contributed by atoms with Crippen LogP contribution in [0.1, 0.15) is 15.9 Å². The van der Waals surface area contributed by atoms with E-state index in [0.29, 0.717) is 30.9 Å². The van der Waals surface area contributed by atoms with E-state index < -0.39 is 0 Å².